The van der Waals surface area contributed by atoms with Crippen LogP contribution in [-0.4, -0.2) is 28.7 Å². The van der Waals surface area contributed by atoms with Crippen molar-refractivity contribution in [3.63, 3.8) is 0 Å². The fourth-order valence-corrected chi connectivity index (χ4v) is 2.59. The molecule has 0 radical (unpaired) electrons. The number of fused-ring (bicyclic) bond motifs is 1. The van der Waals surface area contributed by atoms with E-state index < -0.39 is 5.69 Å². The van der Waals surface area contributed by atoms with E-state index in [9.17, 15) is 9.59 Å². The lowest BCUT2D eigenvalue weighted by Crippen LogP contribution is -2.32. The second kappa shape index (κ2) is 7.35. The first-order valence-electron chi connectivity index (χ1n) is 7.49. The van der Waals surface area contributed by atoms with Crippen LogP contribution < -0.4 is 20.5 Å². The van der Waals surface area contributed by atoms with Gasteiger partial charge in [-0.25, -0.2) is 9.78 Å². The Morgan fingerprint density at radius 1 is 1.33 bits per heavy atom. The molecule has 2 heterocycles. The van der Waals surface area contributed by atoms with Gasteiger partial charge in [-0.2, -0.15) is 0 Å². The number of amides is 1. The molecule has 0 aliphatic carbocycles. The molecule has 0 atom stereocenters. The normalized spacial score (nSPS) is 13.2. The summed E-state index contributed by atoms with van der Waals surface area (Å²) in [6, 6.07) is 5.12. The Balaban J connectivity index is 1.65. The van der Waals surface area contributed by atoms with Crippen LogP contribution in [-0.2, 0) is 17.9 Å². The van der Waals surface area contributed by atoms with Gasteiger partial charge in [0.2, 0.25) is 5.91 Å². The third-order valence-electron chi connectivity index (χ3n) is 3.45. The summed E-state index contributed by atoms with van der Waals surface area (Å²) in [5.41, 5.74) is 0.322. The van der Waals surface area contributed by atoms with Gasteiger partial charge >= 0.3 is 5.69 Å². The highest BCUT2D eigenvalue weighted by Crippen LogP contribution is 2.37. The molecule has 0 unspecified atom stereocenters. The molecule has 3 rings (SSSR count). The van der Waals surface area contributed by atoms with Crippen LogP contribution in [0.5, 0.6) is 11.5 Å². The molecule has 0 saturated carbocycles. The van der Waals surface area contributed by atoms with Crippen LogP contribution in [0, 0.1) is 0 Å². The molecule has 126 valence electrons. The van der Waals surface area contributed by atoms with Crippen molar-refractivity contribution in [1.82, 2.24) is 14.9 Å². The first-order chi connectivity index (χ1) is 11.6. The van der Waals surface area contributed by atoms with Crippen LogP contribution in [0.4, 0.5) is 0 Å². The molecular formula is C16H16ClN3O4. The maximum Gasteiger partial charge on any atom is 0.347 e. The van der Waals surface area contributed by atoms with Gasteiger partial charge in [0.25, 0.3) is 0 Å². The van der Waals surface area contributed by atoms with Gasteiger partial charge in [0, 0.05) is 25.4 Å². The molecule has 0 fully saturated rings. The molecule has 1 aromatic carbocycles. The smallest absolute Gasteiger partial charge is 0.347 e. The summed E-state index contributed by atoms with van der Waals surface area (Å²) in [6.45, 7) is 1.29. The summed E-state index contributed by atoms with van der Waals surface area (Å²) in [7, 11) is 0. The maximum atomic E-state index is 12.0. The van der Waals surface area contributed by atoms with Crippen molar-refractivity contribution in [2.45, 2.75) is 19.5 Å². The van der Waals surface area contributed by atoms with Crippen molar-refractivity contribution in [2.75, 3.05) is 13.2 Å². The van der Waals surface area contributed by atoms with Gasteiger partial charge < -0.3 is 14.8 Å². The van der Waals surface area contributed by atoms with Crippen LogP contribution in [0.3, 0.4) is 0 Å². The van der Waals surface area contributed by atoms with E-state index in [0.717, 1.165) is 12.0 Å². The van der Waals surface area contributed by atoms with E-state index in [4.69, 9.17) is 21.1 Å². The molecule has 0 spiro atoms. The summed E-state index contributed by atoms with van der Waals surface area (Å²) in [5.74, 6) is 0.812. The molecule has 1 aliphatic rings. The fraction of sp³-hybridized carbons (Fsp3) is 0.312. The summed E-state index contributed by atoms with van der Waals surface area (Å²) < 4.78 is 12.4. The highest BCUT2D eigenvalue weighted by molar-refractivity contribution is 6.32. The van der Waals surface area contributed by atoms with Gasteiger partial charge in [-0.3, -0.25) is 9.36 Å². The molecule has 0 bridgehead atoms. The number of carbonyl (C=O) groups is 1. The molecular weight excluding hydrogens is 334 g/mol. The fourth-order valence-electron chi connectivity index (χ4n) is 2.30. The van der Waals surface area contributed by atoms with Crippen molar-refractivity contribution < 1.29 is 14.3 Å². The van der Waals surface area contributed by atoms with Gasteiger partial charge in [0.15, 0.2) is 11.5 Å². The lowest BCUT2D eigenvalue weighted by atomic mass is 10.2. The maximum absolute atomic E-state index is 12.0. The number of hydrogen-bond donors (Lipinski definition) is 1. The van der Waals surface area contributed by atoms with Crippen molar-refractivity contribution in [2.24, 2.45) is 0 Å². The lowest BCUT2D eigenvalue weighted by Gasteiger charge is -2.12. The van der Waals surface area contributed by atoms with E-state index in [1.165, 1.54) is 17.0 Å². The summed E-state index contributed by atoms with van der Waals surface area (Å²) in [5, 5.41) is 3.19. The lowest BCUT2D eigenvalue weighted by molar-refractivity contribution is -0.121. The average Bonchev–Trinajstić information content (AvgIpc) is 2.81. The second-order valence-electron chi connectivity index (χ2n) is 5.26. The van der Waals surface area contributed by atoms with Gasteiger partial charge in [-0.1, -0.05) is 11.6 Å². The Hall–Kier alpha value is -2.54. The van der Waals surface area contributed by atoms with Crippen molar-refractivity contribution >= 4 is 17.5 Å². The third-order valence-corrected chi connectivity index (χ3v) is 3.73. The molecule has 24 heavy (non-hydrogen) atoms. The highest BCUT2D eigenvalue weighted by atomic mass is 35.5. The molecule has 0 saturated heterocycles. The minimum Gasteiger partial charge on any atom is -0.489 e. The number of hydrogen-bond acceptors (Lipinski definition) is 5. The number of benzene rings is 1. The monoisotopic (exact) mass is 349 g/mol. The van der Waals surface area contributed by atoms with E-state index in [1.807, 2.05) is 0 Å². The first kappa shape index (κ1) is 16.3. The van der Waals surface area contributed by atoms with Crippen molar-refractivity contribution in [3.8, 4) is 11.5 Å². The minimum absolute atomic E-state index is 0.0923. The predicted octanol–water partition coefficient (Wildman–Crippen LogP) is 1.37. The Morgan fingerprint density at radius 3 is 3.00 bits per heavy atom. The number of ether oxygens (including phenoxy) is 2. The van der Waals surface area contributed by atoms with Crippen LogP contribution in [0.2, 0.25) is 5.02 Å². The van der Waals surface area contributed by atoms with Crippen LogP contribution in [0.15, 0.2) is 35.4 Å². The first-order valence-corrected chi connectivity index (χ1v) is 7.87. The zero-order chi connectivity index (χ0) is 16.9. The summed E-state index contributed by atoms with van der Waals surface area (Å²) in [6.07, 6.45) is 3.69. The highest BCUT2D eigenvalue weighted by Gasteiger charge is 2.16. The number of aromatic nitrogens is 2. The van der Waals surface area contributed by atoms with Crippen molar-refractivity contribution in [1.29, 1.82) is 0 Å². The van der Waals surface area contributed by atoms with E-state index in [0.29, 0.717) is 29.7 Å². The molecule has 1 aliphatic heterocycles. The topological polar surface area (TPSA) is 82.5 Å². The quantitative estimate of drug-likeness (QED) is 0.901. The van der Waals surface area contributed by atoms with Crippen molar-refractivity contribution in [3.05, 3.63) is 51.7 Å². The molecule has 1 amide bonds. The number of rotatable bonds is 4. The Labute approximate surface area is 143 Å². The predicted molar refractivity (Wildman–Crippen MR) is 87.4 cm³/mol. The number of carbonyl (C=O) groups excluding carboxylic acids is 1. The molecule has 1 N–H and O–H groups in total. The van der Waals surface area contributed by atoms with Crippen LogP contribution >= 0.6 is 11.6 Å². The molecule has 8 heteroatoms. The zero-order valence-corrected chi connectivity index (χ0v) is 13.6. The van der Waals surface area contributed by atoms with E-state index in [1.54, 1.807) is 18.2 Å². The minimum atomic E-state index is -0.466. The Morgan fingerprint density at radius 2 is 2.17 bits per heavy atom. The molecule has 7 nitrogen and oxygen atoms in total. The van der Waals surface area contributed by atoms with Gasteiger partial charge in [-0.05, 0) is 23.8 Å². The summed E-state index contributed by atoms with van der Waals surface area (Å²) >= 11 is 6.21. The van der Waals surface area contributed by atoms with Gasteiger partial charge in [0.05, 0.1) is 18.2 Å². The Bertz CT molecular complexity index is 806. The number of nitrogens with zero attached hydrogens (tertiary/aromatic N) is 2. The number of nitrogens with one attached hydrogen (secondary N) is 1. The molecule has 2 aromatic rings. The summed E-state index contributed by atoms with van der Waals surface area (Å²) in [4.78, 5) is 27.1. The average molecular weight is 350 g/mol. The zero-order valence-electron chi connectivity index (χ0n) is 12.8. The Kier molecular flexibility index (Phi) is 5.00. The van der Waals surface area contributed by atoms with Crippen LogP contribution in [0.25, 0.3) is 0 Å². The van der Waals surface area contributed by atoms with E-state index in [-0.39, 0.29) is 19.0 Å². The van der Waals surface area contributed by atoms with Gasteiger partial charge in [-0.15, -0.1) is 0 Å². The third kappa shape index (κ3) is 3.86. The second-order valence-corrected chi connectivity index (χ2v) is 5.67. The van der Waals surface area contributed by atoms with Gasteiger partial charge in [0.1, 0.15) is 6.54 Å². The van der Waals surface area contributed by atoms with E-state index in [2.05, 4.69) is 10.3 Å². The standard InChI is InChI=1S/C16H16ClN3O4/c17-12-7-11(8-13-15(12)24-6-2-5-23-13)9-19-14(21)10-20-4-1-3-18-16(20)22/h1,3-4,7-8H,2,5-6,9-10H2,(H,19,21). The number of halogens is 1. The van der Waals surface area contributed by atoms with E-state index >= 15 is 0 Å². The van der Waals surface area contributed by atoms with Crippen LogP contribution in [0.1, 0.15) is 12.0 Å². The largest absolute Gasteiger partial charge is 0.489 e. The SMILES string of the molecule is O=C(Cn1cccnc1=O)NCc1cc(Cl)c2c(c1)OCCCO2. The molecule has 1 aromatic heterocycles.